The molecule has 2 aromatic rings. The third kappa shape index (κ3) is 2.35. The number of aromatic nitrogens is 1. The van der Waals surface area contributed by atoms with Crippen LogP contribution in [-0.4, -0.2) is 15.6 Å². The smallest absolute Gasteiger partial charge is 0.335 e. The average Bonchev–Trinajstić information content (AvgIpc) is 2.80. The van der Waals surface area contributed by atoms with Crippen LogP contribution in [0.2, 0.25) is 0 Å². The number of aromatic carboxylic acids is 1. The molecule has 0 radical (unpaired) electrons. The highest BCUT2D eigenvalue weighted by atomic mass is 16.4. The van der Waals surface area contributed by atoms with E-state index in [0.717, 1.165) is 24.9 Å². The molecule has 0 unspecified atom stereocenters. The first-order chi connectivity index (χ1) is 10.1. The fraction of sp³-hybridized carbons (Fsp3) is 0.500. The summed E-state index contributed by atoms with van der Waals surface area (Å²) >= 11 is 0. The van der Waals surface area contributed by atoms with E-state index in [-0.39, 0.29) is 0 Å². The predicted molar refractivity (Wildman–Crippen MR) is 85.2 cm³/mol. The maximum atomic E-state index is 11.3. The van der Waals surface area contributed by atoms with Gasteiger partial charge in [-0.2, -0.15) is 0 Å². The summed E-state index contributed by atoms with van der Waals surface area (Å²) in [6, 6.07) is 3.70. The lowest BCUT2D eigenvalue weighted by atomic mass is 9.94. The molecule has 21 heavy (non-hydrogen) atoms. The molecule has 0 amide bonds. The van der Waals surface area contributed by atoms with Gasteiger partial charge in [0.05, 0.1) is 11.1 Å². The van der Waals surface area contributed by atoms with Gasteiger partial charge in [0.25, 0.3) is 0 Å². The molecule has 0 atom stereocenters. The van der Waals surface area contributed by atoms with Gasteiger partial charge in [-0.25, -0.2) is 4.79 Å². The highest BCUT2D eigenvalue weighted by Crippen LogP contribution is 2.35. The average molecular weight is 285 g/mol. The lowest BCUT2D eigenvalue weighted by Crippen LogP contribution is -2.08. The van der Waals surface area contributed by atoms with Crippen LogP contribution in [0.4, 0.5) is 0 Å². The van der Waals surface area contributed by atoms with Gasteiger partial charge in [-0.05, 0) is 62.3 Å². The number of nitrogens with zero attached hydrogens (tertiary/aromatic N) is 1. The Balaban J connectivity index is 2.27. The molecule has 1 aliphatic rings. The third-order valence-corrected chi connectivity index (χ3v) is 4.64. The van der Waals surface area contributed by atoms with Gasteiger partial charge in [0, 0.05) is 17.6 Å². The largest absolute Gasteiger partial charge is 0.478 e. The van der Waals surface area contributed by atoms with Crippen molar-refractivity contribution in [2.75, 3.05) is 0 Å². The van der Waals surface area contributed by atoms with Crippen LogP contribution in [0, 0.1) is 6.92 Å². The van der Waals surface area contributed by atoms with Gasteiger partial charge in [-0.15, -0.1) is 0 Å². The highest BCUT2D eigenvalue weighted by molar-refractivity contribution is 5.97. The minimum atomic E-state index is -0.828. The van der Waals surface area contributed by atoms with Crippen molar-refractivity contribution in [2.45, 2.75) is 58.9 Å². The Morgan fingerprint density at radius 3 is 2.76 bits per heavy atom. The maximum absolute atomic E-state index is 11.3. The van der Waals surface area contributed by atoms with Gasteiger partial charge >= 0.3 is 5.97 Å². The summed E-state index contributed by atoms with van der Waals surface area (Å²) in [6.45, 7) is 5.31. The van der Waals surface area contributed by atoms with E-state index in [1.165, 1.54) is 47.8 Å². The molecule has 0 bridgehead atoms. The lowest BCUT2D eigenvalue weighted by molar-refractivity contribution is 0.0697. The molecule has 112 valence electrons. The minimum absolute atomic E-state index is 0.418. The van der Waals surface area contributed by atoms with E-state index >= 15 is 0 Å². The number of hydrogen-bond donors (Lipinski definition) is 1. The zero-order valence-corrected chi connectivity index (χ0v) is 12.9. The zero-order chi connectivity index (χ0) is 15.0. The Labute approximate surface area is 125 Å². The van der Waals surface area contributed by atoms with Crippen molar-refractivity contribution < 1.29 is 9.90 Å². The van der Waals surface area contributed by atoms with E-state index in [2.05, 4.69) is 11.5 Å². The Bertz CT molecular complexity index is 697. The summed E-state index contributed by atoms with van der Waals surface area (Å²) in [5.74, 6) is -0.828. The van der Waals surface area contributed by atoms with Crippen LogP contribution in [0.15, 0.2) is 12.1 Å². The van der Waals surface area contributed by atoms with E-state index < -0.39 is 5.97 Å². The molecule has 0 saturated carbocycles. The standard InChI is InChI=1S/C18H23NO2/c1-3-4-9-19-16-8-6-5-7-14(16)15-11-13(18(20)21)10-12(2)17(15)19/h10-11H,3-9H2,1-2H3,(H,20,21). The van der Waals surface area contributed by atoms with Gasteiger partial charge in [0.1, 0.15) is 0 Å². The van der Waals surface area contributed by atoms with Gasteiger partial charge in [0.2, 0.25) is 0 Å². The van der Waals surface area contributed by atoms with Crippen LogP contribution in [0.1, 0.15) is 59.8 Å². The second kappa shape index (κ2) is 5.55. The Hall–Kier alpha value is -1.77. The molecule has 1 N–H and O–H groups in total. The van der Waals surface area contributed by atoms with E-state index in [0.29, 0.717) is 5.56 Å². The molecule has 1 aliphatic carbocycles. The minimum Gasteiger partial charge on any atom is -0.478 e. The van der Waals surface area contributed by atoms with E-state index in [9.17, 15) is 9.90 Å². The van der Waals surface area contributed by atoms with E-state index in [1.54, 1.807) is 0 Å². The quantitative estimate of drug-likeness (QED) is 0.908. The second-order valence-corrected chi connectivity index (χ2v) is 6.13. The summed E-state index contributed by atoms with van der Waals surface area (Å²) in [7, 11) is 0. The van der Waals surface area contributed by atoms with Crippen LogP contribution < -0.4 is 0 Å². The zero-order valence-electron chi connectivity index (χ0n) is 12.9. The fourth-order valence-corrected chi connectivity index (χ4v) is 3.67. The molecule has 1 aromatic carbocycles. The maximum Gasteiger partial charge on any atom is 0.335 e. The normalized spacial score (nSPS) is 14.4. The van der Waals surface area contributed by atoms with Crippen molar-refractivity contribution in [1.29, 1.82) is 0 Å². The first kappa shape index (κ1) is 14.2. The van der Waals surface area contributed by atoms with Gasteiger partial charge < -0.3 is 9.67 Å². The van der Waals surface area contributed by atoms with Gasteiger partial charge in [-0.1, -0.05) is 13.3 Å². The summed E-state index contributed by atoms with van der Waals surface area (Å²) < 4.78 is 2.47. The van der Waals surface area contributed by atoms with Crippen LogP contribution in [0.25, 0.3) is 10.9 Å². The van der Waals surface area contributed by atoms with E-state index in [4.69, 9.17) is 0 Å². The topological polar surface area (TPSA) is 42.2 Å². The molecule has 1 heterocycles. The molecule has 0 fully saturated rings. The van der Waals surface area contributed by atoms with Crippen molar-refractivity contribution in [3.8, 4) is 0 Å². The predicted octanol–water partition coefficient (Wildman–Crippen LogP) is 4.33. The van der Waals surface area contributed by atoms with Crippen molar-refractivity contribution >= 4 is 16.9 Å². The molecule has 1 aromatic heterocycles. The molecular weight excluding hydrogens is 262 g/mol. The van der Waals surface area contributed by atoms with Crippen molar-refractivity contribution in [3.05, 3.63) is 34.5 Å². The number of carbonyl (C=O) groups is 1. The molecule has 3 rings (SSSR count). The first-order valence-electron chi connectivity index (χ1n) is 8.01. The highest BCUT2D eigenvalue weighted by Gasteiger charge is 2.22. The molecule has 0 spiro atoms. The number of unbranched alkanes of at least 4 members (excludes halogenated alkanes) is 1. The number of benzene rings is 1. The Kier molecular flexibility index (Phi) is 3.75. The summed E-state index contributed by atoms with van der Waals surface area (Å²) in [5, 5.41) is 10.5. The number of aryl methyl sites for hydroxylation is 3. The first-order valence-corrected chi connectivity index (χ1v) is 8.01. The fourth-order valence-electron chi connectivity index (χ4n) is 3.67. The molecule has 3 nitrogen and oxygen atoms in total. The van der Waals surface area contributed by atoms with Crippen LogP contribution in [0.3, 0.4) is 0 Å². The number of carboxylic acid groups (broad SMARTS) is 1. The molecule has 3 heteroatoms. The summed E-state index contributed by atoms with van der Waals surface area (Å²) in [6.07, 6.45) is 7.05. The monoisotopic (exact) mass is 285 g/mol. The number of hydrogen-bond acceptors (Lipinski definition) is 1. The summed E-state index contributed by atoms with van der Waals surface area (Å²) in [4.78, 5) is 11.3. The summed E-state index contributed by atoms with van der Waals surface area (Å²) in [5.41, 5.74) is 5.63. The molecular formula is C18H23NO2. The lowest BCUT2D eigenvalue weighted by Gasteiger charge is -2.16. The molecule has 0 saturated heterocycles. The number of rotatable bonds is 4. The van der Waals surface area contributed by atoms with E-state index in [1.807, 2.05) is 19.1 Å². The van der Waals surface area contributed by atoms with Crippen LogP contribution in [-0.2, 0) is 19.4 Å². The van der Waals surface area contributed by atoms with Crippen molar-refractivity contribution in [1.82, 2.24) is 4.57 Å². The van der Waals surface area contributed by atoms with Gasteiger partial charge in [0.15, 0.2) is 0 Å². The second-order valence-electron chi connectivity index (χ2n) is 6.13. The van der Waals surface area contributed by atoms with Crippen molar-refractivity contribution in [2.24, 2.45) is 0 Å². The van der Waals surface area contributed by atoms with Crippen LogP contribution in [0.5, 0.6) is 0 Å². The Morgan fingerprint density at radius 2 is 2.05 bits per heavy atom. The SMILES string of the molecule is CCCCn1c2c(c3cc(C(=O)O)cc(C)c31)CCCC2. The van der Waals surface area contributed by atoms with Crippen molar-refractivity contribution in [3.63, 3.8) is 0 Å². The Morgan fingerprint density at radius 1 is 1.29 bits per heavy atom. The number of fused-ring (bicyclic) bond motifs is 3. The van der Waals surface area contributed by atoms with Crippen LogP contribution >= 0.6 is 0 Å². The number of carboxylic acids is 1. The molecule has 0 aliphatic heterocycles. The third-order valence-electron chi connectivity index (χ3n) is 4.64. The van der Waals surface area contributed by atoms with Gasteiger partial charge in [-0.3, -0.25) is 0 Å².